The van der Waals surface area contributed by atoms with Gasteiger partial charge in [0.05, 0.1) is 6.54 Å². The highest BCUT2D eigenvalue weighted by molar-refractivity contribution is 6.00. The molecule has 1 aliphatic heterocycles. The van der Waals surface area contributed by atoms with Crippen LogP contribution in [-0.4, -0.2) is 17.6 Å². The van der Waals surface area contributed by atoms with Crippen LogP contribution in [0.4, 0.5) is 0 Å². The van der Waals surface area contributed by atoms with Crippen molar-refractivity contribution < 1.29 is 0 Å². The summed E-state index contributed by atoms with van der Waals surface area (Å²) >= 11 is 0. The summed E-state index contributed by atoms with van der Waals surface area (Å²) in [6.45, 7) is 4.99. The van der Waals surface area contributed by atoms with Crippen LogP contribution < -0.4 is 16.4 Å². The quantitative estimate of drug-likeness (QED) is 0.421. The first-order valence-corrected chi connectivity index (χ1v) is 10.6. The van der Waals surface area contributed by atoms with Crippen LogP contribution in [0.1, 0.15) is 83.6 Å². The Balaban J connectivity index is 0.00000392. The number of benzene rings is 1. The Morgan fingerprint density at radius 1 is 0.964 bits per heavy atom. The molecule has 6 heteroatoms. The van der Waals surface area contributed by atoms with E-state index in [4.69, 9.17) is 5.73 Å². The second-order valence-electron chi connectivity index (χ2n) is 7.75. The molecule has 0 aliphatic carbocycles. The van der Waals surface area contributed by atoms with Crippen molar-refractivity contribution in [2.24, 2.45) is 15.7 Å². The maximum absolute atomic E-state index is 6.00. The van der Waals surface area contributed by atoms with Gasteiger partial charge in [0.15, 0.2) is 11.9 Å². The molecule has 0 saturated heterocycles. The summed E-state index contributed by atoms with van der Waals surface area (Å²) in [5.74, 6) is 1.16. The molecule has 1 unspecified atom stereocenters. The average Bonchev–Trinajstić information content (AvgIpc) is 2.65. The van der Waals surface area contributed by atoms with E-state index in [-0.39, 0.29) is 18.1 Å². The van der Waals surface area contributed by atoms with E-state index in [0.717, 1.165) is 12.8 Å². The third kappa shape index (κ3) is 9.45. The normalized spacial score (nSPS) is 20.1. The van der Waals surface area contributed by atoms with Crippen LogP contribution in [0, 0.1) is 0 Å². The molecule has 0 radical (unpaired) electrons. The van der Waals surface area contributed by atoms with Crippen molar-refractivity contribution in [1.82, 2.24) is 10.6 Å². The van der Waals surface area contributed by atoms with Crippen molar-refractivity contribution in [3.8, 4) is 0 Å². The van der Waals surface area contributed by atoms with Crippen molar-refractivity contribution in [2.45, 2.75) is 90.3 Å². The number of nitrogens with one attached hydrogen (secondary N) is 2. The second kappa shape index (κ2) is 13.4. The fourth-order valence-corrected chi connectivity index (χ4v) is 3.46. The summed E-state index contributed by atoms with van der Waals surface area (Å²) in [5.41, 5.74) is 6.80. The first kappa shape index (κ1) is 24.3. The van der Waals surface area contributed by atoms with Gasteiger partial charge >= 0.3 is 0 Å². The van der Waals surface area contributed by atoms with Gasteiger partial charge in [0.2, 0.25) is 0 Å². The zero-order chi connectivity index (χ0) is 19.4. The van der Waals surface area contributed by atoms with Gasteiger partial charge in [0, 0.05) is 0 Å². The molecule has 0 aromatic heterocycles. The standard InChI is InChI=1S/C22H37N5.ClH/c1-3-4-5-6-7-8-9-10-14-17-22(2)26-20(23)25-21(27-22)24-18-19-15-12-11-13-16-19;/h11-13,15-16H,3-10,14,17-18H2,1-2H3,(H4,23,24,25,26,27);1H. The monoisotopic (exact) mass is 407 g/mol. The van der Waals surface area contributed by atoms with Crippen LogP contribution in [0.5, 0.6) is 0 Å². The molecular formula is C22H38ClN5. The minimum absolute atomic E-state index is 0. The van der Waals surface area contributed by atoms with Crippen LogP contribution >= 0.6 is 12.4 Å². The van der Waals surface area contributed by atoms with Crippen LogP contribution in [0.25, 0.3) is 0 Å². The van der Waals surface area contributed by atoms with Gasteiger partial charge in [-0.15, -0.1) is 12.4 Å². The van der Waals surface area contributed by atoms with Crippen LogP contribution in [0.2, 0.25) is 0 Å². The molecule has 1 aliphatic rings. The Bertz CT molecular complexity index is 602. The lowest BCUT2D eigenvalue weighted by Gasteiger charge is -2.33. The number of rotatable bonds is 12. The Morgan fingerprint density at radius 2 is 1.57 bits per heavy atom. The first-order valence-electron chi connectivity index (χ1n) is 10.6. The molecule has 5 nitrogen and oxygen atoms in total. The number of hydrogen-bond donors (Lipinski definition) is 3. The molecule has 4 N–H and O–H groups in total. The molecule has 0 bridgehead atoms. The van der Waals surface area contributed by atoms with Gasteiger partial charge in [0.1, 0.15) is 5.66 Å². The van der Waals surface area contributed by atoms with Gasteiger partial charge in [-0.05, 0) is 25.3 Å². The highest BCUT2D eigenvalue weighted by atomic mass is 35.5. The van der Waals surface area contributed by atoms with Gasteiger partial charge in [-0.1, -0.05) is 88.6 Å². The van der Waals surface area contributed by atoms with Gasteiger partial charge in [0.25, 0.3) is 0 Å². The SMILES string of the molecule is CCCCCCCCCCCC1(C)N=C(N)NC(=NCc2ccccc2)N1.Cl. The molecule has 0 spiro atoms. The molecule has 0 saturated carbocycles. The zero-order valence-corrected chi connectivity index (χ0v) is 18.4. The van der Waals surface area contributed by atoms with E-state index in [1.54, 1.807) is 0 Å². The highest BCUT2D eigenvalue weighted by Gasteiger charge is 2.28. The first-order chi connectivity index (χ1) is 13.1. The number of unbranched alkanes of at least 4 members (excludes halogenated alkanes) is 8. The predicted octanol–water partition coefficient (Wildman–Crippen LogP) is 5.11. The van der Waals surface area contributed by atoms with E-state index in [1.165, 1.54) is 56.9 Å². The number of nitrogens with two attached hydrogens (primary N) is 1. The van der Waals surface area contributed by atoms with E-state index < -0.39 is 0 Å². The van der Waals surface area contributed by atoms with Gasteiger partial charge in [-0.3, -0.25) is 5.32 Å². The molecule has 28 heavy (non-hydrogen) atoms. The minimum Gasteiger partial charge on any atom is -0.370 e. The minimum atomic E-state index is -0.369. The number of nitrogens with zero attached hydrogens (tertiary/aromatic N) is 2. The summed E-state index contributed by atoms with van der Waals surface area (Å²) in [4.78, 5) is 9.20. The molecule has 1 aromatic rings. The van der Waals surface area contributed by atoms with E-state index in [0.29, 0.717) is 18.5 Å². The van der Waals surface area contributed by atoms with E-state index in [1.807, 2.05) is 18.2 Å². The van der Waals surface area contributed by atoms with Crippen molar-refractivity contribution in [1.29, 1.82) is 0 Å². The third-order valence-electron chi connectivity index (χ3n) is 5.03. The van der Waals surface area contributed by atoms with Gasteiger partial charge < -0.3 is 11.1 Å². The summed E-state index contributed by atoms with van der Waals surface area (Å²) in [5, 5.41) is 6.47. The Labute approximate surface area is 177 Å². The lowest BCUT2D eigenvalue weighted by atomic mass is 10.0. The smallest absolute Gasteiger partial charge is 0.200 e. The maximum atomic E-state index is 6.00. The lowest BCUT2D eigenvalue weighted by molar-refractivity contribution is 0.371. The van der Waals surface area contributed by atoms with Crippen LogP contribution in [0.15, 0.2) is 40.3 Å². The fourth-order valence-electron chi connectivity index (χ4n) is 3.46. The summed E-state index contributed by atoms with van der Waals surface area (Å²) in [6.07, 6.45) is 12.9. The molecular weight excluding hydrogens is 370 g/mol. The van der Waals surface area contributed by atoms with Gasteiger partial charge in [-0.25, -0.2) is 9.98 Å². The number of halogens is 1. The second-order valence-corrected chi connectivity index (χ2v) is 7.75. The zero-order valence-electron chi connectivity index (χ0n) is 17.5. The van der Waals surface area contributed by atoms with Crippen LogP contribution in [0.3, 0.4) is 0 Å². The van der Waals surface area contributed by atoms with E-state index in [9.17, 15) is 0 Å². The van der Waals surface area contributed by atoms with Crippen molar-refractivity contribution >= 4 is 24.3 Å². The number of hydrogen-bond acceptors (Lipinski definition) is 3. The number of guanidine groups is 2. The molecule has 1 aromatic carbocycles. The molecule has 158 valence electrons. The topological polar surface area (TPSA) is 74.8 Å². The van der Waals surface area contributed by atoms with E-state index >= 15 is 0 Å². The summed E-state index contributed by atoms with van der Waals surface area (Å²) in [6, 6.07) is 10.2. The third-order valence-corrected chi connectivity index (χ3v) is 5.03. The molecule has 0 fully saturated rings. The largest absolute Gasteiger partial charge is 0.370 e. The Morgan fingerprint density at radius 3 is 2.21 bits per heavy atom. The fraction of sp³-hybridized carbons (Fsp3) is 0.636. The molecule has 1 atom stereocenters. The molecule has 2 rings (SSSR count). The predicted molar refractivity (Wildman–Crippen MR) is 123 cm³/mol. The Kier molecular flexibility index (Phi) is 11.7. The molecule has 0 amide bonds. The van der Waals surface area contributed by atoms with E-state index in [2.05, 4.69) is 46.6 Å². The van der Waals surface area contributed by atoms with Crippen LogP contribution in [-0.2, 0) is 6.54 Å². The average molecular weight is 408 g/mol. The number of aliphatic imine (C=N–C) groups is 2. The highest BCUT2D eigenvalue weighted by Crippen LogP contribution is 2.19. The lowest BCUT2D eigenvalue weighted by Crippen LogP contribution is -2.59. The van der Waals surface area contributed by atoms with Crippen molar-refractivity contribution in [3.05, 3.63) is 35.9 Å². The maximum Gasteiger partial charge on any atom is 0.200 e. The van der Waals surface area contributed by atoms with Crippen molar-refractivity contribution in [3.63, 3.8) is 0 Å². The summed E-state index contributed by atoms with van der Waals surface area (Å²) in [7, 11) is 0. The molecule has 1 heterocycles. The Hall–Kier alpha value is -1.75. The van der Waals surface area contributed by atoms with Crippen molar-refractivity contribution in [2.75, 3.05) is 0 Å². The summed E-state index contributed by atoms with van der Waals surface area (Å²) < 4.78 is 0. The van der Waals surface area contributed by atoms with Gasteiger partial charge in [-0.2, -0.15) is 0 Å².